The molecule has 2 heterocycles. The number of amides is 1. The first-order chi connectivity index (χ1) is 9.13. The van der Waals surface area contributed by atoms with Gasteiger partial charge in [-0.1, -0.05) is 5.16 Å². The standard InChI is InChI=1S/C12H17N3O4/c16-11(10-5-9(12(17)18)14-19-10)13-7-3-4-15(6-7)8-1-2-8/h7-8,10H,1-6H2,(H,13,16)(H,17,18). The van der Waals surface area contributed by atoms with Crippen molar-refractivity contribution in [1.29, 1.82) is 0 Å². The Balaban J connectivity index is 1.46. The van der Waals surface area contributed by atoms with Crippen molar-refractivity contribution < 1.29 is 19.5 Å². The van der Waals surface area contributed by atoms with Crippen LogP contribution in [0.5, 0.6) is 0 Å². The number of hydrogen-bond donors (Lipinski definition) is 2. The molecule has 0 radical (unpaired) electrons. The maximum Gasteiger partial charge on any atom is 0.353 e. The van der Waals surface area contributed by atoms with E-state index >= 15 is 0 Å². The second-order valence-electron chi connectivity index (χ2n) is 5.36. The SMILES string of the molecule is O=C(O)C1=NOC(C(=O)NC2CCN(C3CC3)C2)C1. The molecule has 0 spiro atoms. The van der Waals surface area contributed by atoms with Crippen molar-refractivity contribution >= 4 is 17.6 Å². The van der Waals surface area contributed by atoms with E-state index in [0.29, 0.717) is 6.04 Å². The first-order valence-corrected chi connectivity index (χ1v) is 6.64. The molecule has 104 valence electrons. The van der Waals surface area contributed by atoms with Crippen LogP contribution in [0.15, 0.2) is 5.16 Å². The number of aliphatic carboxylic acids is 1. The molecule has 0 aromatic carbocycles. The molecular weight excluding hydrogens is 250 g/mol. The van der Waals surface area contributed by atoms with E-state index < -0.39 is 12.1 Å². The molecule has 1 saturated carbocycles. The molecule has 2 fully saturated rings. The van der Waals surface area contributed by atoms with Crippen molar-refractivity contribution in [3.05, 3.63) is 0 Å². The second kappa shape index (κ2) is 4.80. The van der Waals surface area contributed by atoms with Crippen LogP contribution in [0, 0.1) is 0 Å². The molecule has 1 aliphatic carbocycles. The van der Waals surface area contributed by atoms with Gasteiger partial charge >= 0.3 is 5.97 Å². The highest BCUT2D eigenvalue weighted by molar-refractivity contribution is 6.36. The quantitative estimate of drug-likeness (QED) is 0.721. The summed E-state index contributed by atoms with van der Waals surface area (Å²) in [5.74, 6) is -1.39. The van der Waals surface area contributed by atoms with Gasteiger partial charge in [-0.05, 0) is 19.3 Å². The van der Waals surface area contributed by atoms with Crippen LogP contribution < -0.4 is 5.32 Å². The molecule has 2 aliphatic heterocycles. The number of oxime groups is 1. The lowest BCUT2D eigenvalue weighted by Crippen LogP contribution is -2.43. The lowest BCUT2D eigenvalue weighted by molar-refractivity contribution is -0.131. The minimum atomic E-state index is -1.13. The summed E-state index contributed by atoms with van der Waals surface area (Å²) in [5, 5.41) is 15.1. The zero-order valence-electron chi connectivity index (χ0n) is 10.5. The summed E-state index contributed by atoms with van der Waals surface area (Å²) in [7, 11) is 0. The lowest BCUT2D eigenvalue weighted by Gasteiger charge is -2.17. The second-order valence-corrected chi connectivity index (χ2v) is 5.36. The number of rotatable bonds is 4. The highest BCUT2D eigenvalue weighted by Crippen LogP contribution is 2.29. The predicted octanol–water partition coefficient (Wildman–Crippen LogP) is -0.431. The van der Waals surface area contributed by atoms with Crippen LogP contribution in [0.25, 0.3) is 0 Å². The Bertz CT molecular complexity index is 433. The zero-order chi connectivity index (χ0) is 13.4. The van der Waals surface area contributed by atoms with E-state index in [4.69, 9.17) is 9.94 Å². The average Bonchev–Trinajstić information content (AvgIpc) is 2.92. The van der Waals surface area contributed by atoms with Gasteiger partial charge in [-0.3, -0.25) is 9.69 Å². The Morgan fingerprint density at radius 1 is 1.37 bits per heavy atom. The summed E-state index contributed by atoms with van der Waals surface area (Å²) in [6.45, 7) is 1.91. The van der Waals surface area contributed by atoms with Gasteiger partial charge in [-0.15, -0.1) is 0 Å². The summed E-state index contributed by atoms with van der Waals surface area (Å²) < 4.78 is 0. The fraction of sp³-hybridized carbons (Fsp3) is 0.750. The topological polar surface area (TPSA) is 91.2 Å². The summed E-state index contributed by atoms with van der Waals surface area (Å²) in [4.78, 5) is 29.9. The third-order valence-electron chi connectivity index (χ3n) is 3.84. The van der Waals surface area contributed by atoms with Gasteiger partial charge in [-0.25, -0.2) is 4.79 Å². The van der Waals surface area contributed by atoms with Crippen molar-refractivity contribution in [2.75, 3.05) is 13.1 Å². The largest absolute Gasteiger partial charge is 0.477 e. The van der Waals surface area contributed by atoms with Gasteiger partial charge in [0.05, 0.1) is 0 Å². The smallest absolute Gasteiger partial charge is 0.353 e. The normalized spacial score (nSPS) is 30.8. The van der Waals surface area contributed by atoms with E-state index in [2.05, 4.69) is 15.4 Å². The fourth-order valence-electron chi connectivity index (χ4n) is 2.61. The van der Waals surface area contributed by atoms with E-state index in [1.165, 1.54) is 12.8 Å². The molecule has 3 rings (SSSR count). The Hall–Kier alpha value is -1.63. The van der Waals surface area contributed by atoms with Gasteiger partial charge in [0.1, 0.15) is 0 Å². The van der Waals surface area contributed by atoms with Crippen LogP contribution in [0.4, 0.5) is 0 Å². The Morgan fingerprint density at radius 3 is 2.79 bits per heavy atom. The number of carbonyl (C=O) groups is 2. The van der Waals surface area contributed by atoms with Gasteiger partial charge in [0.25, 0.3) is 5.91 Å². The van der Waals surface area contributed by atoms with Gasteiger partial charge in [0.15, 0.2) is 5.71 Å². The van der Waals surface area contributed by atoms with Gasteiger partial charge < -0.3 is 15.3 Å². The number of carbonyl (C=O) groups excluding carboxylic acids is 1. The van der Waals surface area contributed by atoms with Crippen LogP contribution in [0.2, 0.25) is 0 Å². The molecule has 1 amide bonds. The molecule has 2 N–H and O–H groups in total. The molecule has 0 aromatic heterocycles. The highest BCUT2D eigenvalue weighted by atomic mass is 16.6. The van der Waals surface area contributed by atoms with Crippen molar-refractivity contribution in [1.82, 2.24) is 10.2 Å². The molecule has 7 heteroatoms. The van der Waals surface area contributed by atoms with Crippen molar-refractivity contribution in [2.24, 2.45) is 5.16 Å². The predicted molar refractivity (Wildman–Crippen MR) is 65.7 cm³/mol. The van der Waals surface area contributed by atoms with Crippen molar-refractivity contribution in [3.8, 4) is 0 Å². The van der Waals surface area contributed by atoms with E-state index in [1.54, 1.807) is 0 Å². The molecule has 0 bridgehead atoms. The minimum absolute atomic E-state index is 0.0419. The first-order valence-electron chi connectivity index (χ1n) is 6.64. The van der Waals surface area contributed by atoms with Gasteiger partial charge in [0.2, 0.25) is 6.10 Å². The van der Waals surface area contributed by atoms with Crippen LogP contribution in [0.1, 0.15) is 25.7 Å². The van der Waals surface area contributed by atoms with E-state index in [0.717, 1.165) is 19.5 Å². The number of likely N-dealkylation sites (tertiary alicyclic amines) is 1. The number of nitrogens with zero attached hydrogens (tertiary/aromatic N) is 2. The Labute approximate surface area is 110 Å². The van der Waals surface area contributed by atoms with Gasteiger partial charge in [-0.2, -0.15) is 0 Å². The highest BCUT2D eigenvalue weighted by Gasteiger charge is 2.37. The van der Waals surface area contributed by atoms with Crippen LogP contribution in [-0.4, -0.2) is 58.9 Å². The van der Waals surface area contributed by atoms with E-state index in [-0.39, 0.29) is 24.1 Å². The third-order valence-corrected chi connectivity index (χ3v) is 3.84. The molecule has 7 nitrogen and oxygen atoms in total. The van der Waals surface area contributed by atoms with Crippen molar-refractivity contribution in [3.63, 3.8) is 0 Å². The summed E-state index contributed by atoms with van der Waals surface area (Å²) in [6.07, 6.45) is 2.73. The number of carboxylic acids is 1. The van der Waals surface area contributed by atoms with Crippen molar-refractivity contribution in [2.45, 2.75) is 43.9 Å². The maximum atomic E-state index is 11.9. The number of hydrogen-bond acceptors (Lipinski definition) is 5. The summed E-state index contributed by atoms with van der Waals surface area (Å²) in [5.41, 5.74) is -0.0915. The fourth-order valence-corrected chi connectivity index (χ4v) is 2.61. The van der Waals surface area contributed by atoms with E-state index in [9.17, 15) is 9.59 Å². The average molecular weight is 267 g/mol. The van der Waals surface area contributed by atoms with Gasteiger partial charge in [0, 0.05) is 31.6 Å². The first kappa shape index (κ1) is 12.4. The van der Waals surface area contributed by atoms with Crippen LogP contribution >= 0.6 is 0 Å². The molecular formula is C12H17N3O4. The minimum Gasteiger partial charge on any atom is -0.477 e. The van der Waals surface area contributed by atoms with E-state index in [1.807, 2.05) is 0 Å². The van der Waals surface area contributed by atoms with Crippen LogP contribution in [0.3, 0.4) is 0 Å². The number of carboxylic acid groups (broad SMARTS) is 1. The molecule has 2 unspecified atom stereocenters. The maximum absolute atomic E-state index is 11.9. The third kappa shape index (κ3) is 2.70. The molecule has 0 aromatic rings. The monoisotopic (exact) mass is 267 g/mol. The molecule has 19 heavy (non-hydrogen) atoms. The Kier molecular flexibility index (Phi) is 3.14. The zero-order valence-corrected chi connectivity index (χ0v) is 10.5. The summed E-state index contributed by atoms with van der Waals surface area (Å²) >= 11 is 0. The lowest BCUT2D eigenvalue weighted by atomic mass is 10.1. The molecule has 3 aliphatic rings. The van der Waals surface area contributed by atoms with Crippen LogP contribution in [-0.2, 0) is 14.4 Å². The molecule has 1 saturated heterocycles. The summed E-state index contributed by atoms with van der Waals surface area (Å²) in [6, 6.07) is 0.858. The Morgan fingerprint density at radius 2 is 2.16 bits per heavy atom. The molecule has 2 atom stereocenters. The number of nitrogens with one attached hydrogen (secondary N) is 1.